The van der Waals surface area contributed by atoms with Crippen LogP contribution in [-0.4, -0.2) is 0 Å². The first-order chi connectivity index (χ1) is 26.8. The van der Waals surface area contributed by atoms with Gasteiger partial charge in [-0.3, -0.25) is 0 Å². The van der Waals surface area contributed by atoms with Gasteiger partial charge >= 0.3 is 0 Å². The van der Waals surface area contributed by atoms with Crippen molar-refractivity contribution >= 4 is 96.5 Å². The maximum atomic E-state index is 6.45. The van der Waals surface area contributed by atoms with Gasteiger partial charge < -0.3 is 4.42 Å². The molecule has 0 aliphatic heterocycles. The highest BCUT2D eigenvalue weighted by Crippen LogP contribution is 2.46. The second kappa shape index (κ2) is 11.4. The van der Waals surface area contributed by atoms with Crippen LogP contribution in [-0.2, 0) is 0 Å². The first-order valence-corrected chi connectivity index (χ1v) is 19.3. The van der Waals surface area contributed by atoms with Gasteiger partial charge in [-0.15, -0.1) is 11.3 Å². The van der Waals surface area contributed by atoms with E-state index < -0.39 is 0 Å². The highest BCUT2D eigenvalue weighted by Gasteiger charge is 2.18. The predicted octanol–water partition coefficient (Wildman–Crippen LogP) is 15.6. The molecule has 0 radical (unpaired) electrons. The molecule has 12 rings (SSSR count). The molecule has 0 bridgehead atoms. The fourth-order valence-electron chi connectivity index (χ4n) is 8.96. The van der Waals surface area contributed by atoms with Crippen molar-refractivity contribution in [1.29, 1.82) is 0 Å². The smallest absolute Gasteiger partial charge is 0.136 e. The normalized spacial score (nSPS) is 12.1. The minimum absolute atomic E-state index is 0.914. The Morgan fingerprint density at radius 2 is 0.926 bits per heavy atom. The summed E-state index contributed by atoms with van der Waals surface area (Å²) in [6.45, 7) is 0. The molecular weight excluding hydrogens is 673 g/mol. The van der Waals surface area contributed by atoms with Crippen LogP contribution in [0.4, 0.5) is 0 Å². The first kappa shape index (κ1) is 29.8. The maximum Gasteiger partial charge on any atom is 0.136 e. The minimum atomic E-state index is 0.914. The Balaban J connectivity index is 1.01. The van der Waals surface area contributed by atoms with Gasteiger partial charge in [0.05, 0.1) is 0 Å². The summed E-state index contributed by atoms with van der Waals surface area (Å²) in [6, 6.07) is 66.7. The molecule has 0 aliphatic rings. The van der Waals surface area contributed by atoms with Crippen molar-refractivity contribution in [2.75, 3.05) is 0 Å². The predicted molar refractivity (Wildman–Crippen MR) is 233 cm³/mol. The summed E-state index contributed by atoms with van der Waals surface area (Å²) in [5.41, 5.74) is 9.25. The number of hydrogen-bond donors (Lipinski definition) is 0. The zero-order chi connectivity index (χ0) is 35.3. The SMILES string of the molecule is c1ccc2c(-c3c4ccccc4c(-c4ccc(-c5ccc6oc7cc8ccc9c%10ccccc%10sc9c8cc7c6c5)cc4)c4ccccc34)cccc2c1. The summed E-state index contributed by atoms with van der Waals surface area (Å²) >= 11 is 1.88. The zero-order valence-electron chi connectivity index (χ0n) is 29.1. The molecule has 12 aromatic rings. The minimum Gasteiger partial charge on any atom is -0.456 e. The summed E-state index contributed by atoms with van der Waals surface area (Å²) in [5, 5.41) is 15.0. The highest BCUT2D eigenvalue weighted by molar-refractivity contribution is 7.26. The van der Waals surface area contributed by atoms with Crippen molar-refractivity contribution in [3.8, 4) is 33.4 Å². The third kappa shape index (κ3) is 4.32. The van der Waals surface area contributed by atoms with Crippen molar-refractivity contribution < 1.29 is 4.42 Å². The average Bonchev–Trinajstić information content (AvgIpc) is 3.79. The standard InChI is InChI=1S/C52H30OS/c1-2-12-36-32(10-1)11-9-18-38(36)51-41-16-5-3-14-39(41)50(40-15-4-6-17-42(40)51)33-22-20-31(21-23-33)34-25-27-47-45(28-34)46-30-44-35(29-48(46)53-47)24-26-43-37-13-7-8-19-49(37)54-52(43)44/h1-30H. The summed E-state index contributed by atoms with van der Waals surface area (Å²) < 4.78 is 9.11. The van der Waals surface area contributed by atoms with Crippen molar-refractivity contribution in [1.82, 2.24) is 0 Å². The van der Waals surface area contributed by atoms with Crippen molar-refractivity contribution in [2.24, 2.45) is 0 Å². The first-order valence-electron chi connectivity index (χ1n) is 18.5. The molecule has 0 fully saturated rings. The molecule has 54 heavy (non-hydrogen) atoms. The molecule has 10 aromatic carbocycles. The zero-order valence-corrected chi connectivity index (χ0v) is 30.0. The number of rotatable bonds is 3. The largest absolute Gasteiger partial charge is 0.456 e. The van der Waals surface area contributed by atoms with Crippen LogP contribution in [0.25, 0.3) is 119 Å². The van der Waals surface area contributed by atoms with E-state index in [1.165, 1.54) is 96.6 Å². The lowest BCUT2D eigenvalue weighted by Gasteiger charge is -2.19. The van der Waals surface area contributed by atoms with E-state index >= 15 is 0 Å². The van der Waals surface area contributed by atoms with E-state index in [4.69, 9.17) is 4.42 Å². The fraction of sp³-hybridized carbons (Fsp3) is 0. The Kier molecular flexibility index (Phi) is 6.28. The lowest BCUT2D eigenvalue weighted by atomic mass is 9.84. The molecule has 250 valence electrons. The van der Waals surface area contributed by atoms with Gasteiger partial charge in [0.2, 0.25) is 0 Å². The number of thiophene rings is 1. The molecule has 1 nitrogen and oxygen atoms in total. The number of benzene rings is 10. The molecule has 0 spiro atoms. The van der Waals surface area contributed by atoms with Crippen LogP contribution in [0.2, 0.25) is 0 Å². The summed E-state index contributed by atoms with van der Waals surface area (Å²) in [7, 11) is 0. The van der Waals surface area contributed by atoms with Gasteiger partial charge in [0.1, 0.15) is 11.2 Å². The number of furan rings is 1. The quantitative estimate of drug-likeness (QED) is 0.167. The van der Waals surface area contributed by atoms with Gasteiger partial charge in [-0.25, -0.2) is 0 Å². The number of hydrogen-bond acceptors (Lipinski definition) is 2. The van der Waals surface area contributed by atoms with Crippen LogP contribution in [0.3, 0.4) is 0 Å². The molecule has 0 saturated carbocycles. The van der Waals surface area contributed by atoms with Crippen molar-refractivity contribution in [3.05, 3.63) is 182 Å². The van der Waals surface area contributed by atoms with Gasteiger partial charge in [-0.05, 0) is 101 Å². The van der Waals surface area contributed by atoms with Gasteiger partial charge in [0.25, 0.3) is 0 Å². The molecule has 0 amide bonds. The van der Waals surface area contributed by atoms with E-state index in [2.05, 4.69) is 182 Å². The van der Waals surface area contributed by atoms with E-state index in [1.807, 2.05) is 11.3 Å². The van der Waals surface area contributed by atoms with Crippen LogP contribution in [0.1, 0.15) is 0 Å². The van der Waals surface area contributed by atoms with Crippen LogP contribution in [0, 0.1) is 0 Å². The monoisotopic (exact) mass is 702 g/mol. The third-order valence-electron chi connectivity index (χ3n) is 11.4. The van der Waals surface area contributed by atoms with E-state index in [-0.39, 0.29) is 0 Å². The van der Waals surface area contributed by atoms with Crippen LogP contribution >= 0.6 is 11.3 Å². The van der Waals surface area contributed by atoms with E-state index in [1.54, 1.807) is 0 Å². The topological polar surface area (TPSA) is 13.1 Å². The van der Waals surface area contributed by atoms with Crippen LogP contribution in [0.5, 0.6) is 0 Å². The van der Waals surface area contributed by atoms with Crippen molar-refractivity contribution in [2.45, 2.75) is 0 Å². The second-order valence-corrected chi connectivity index (χ2v) is 15.4. The Morgan fingerprint density at radius 1 is 0.315 bits per heavy atom. The van der Waals surface area contributed by atoms with E-state index in [0.29, 0.717) is 0 Å². The molecule has 2 heterocycles. The van der Waals surface area contributed by atoms with Gasteiger partial charge in [0, 0.05) is 36.3 Å². The van der Waals surface area contributed by atoms with Gasteiger partial charge in [-0.2, -0.15) is 0 Å². The molecule has 0 N–H and O–H groups in total. The van der Waals surface area contributed by atoms with Crippen molar-refractivity contribution in [3.63, 3.8) is 0 Å². The second-order valence-electron chi connectivity index (χ2n) is 14.4. The molecule has 2 heteroatoms. The number of fused-ring (bicyclic) bond motifs is 11. The maximum absolute atomic E-state index is 6.45. The Hall–Kier alpha value is -6.74. The Bertz CT molecular complexity index is 3430. The lowest BCUT2D eigenvalue weighted by Crippen LogP contribution is -1.91. The molecule has 0 aliphatic carbocycles. The van der Waals surface area contributed by atoms with E-state index in [0.717, 1.165) is 21.9 Å². The van der Waals surface area contributed by atoms with Crippen LogP contribution in [0.15, 0.2) is 186 Å². The Labute approximate surface area is 314 Å². The summed E-state index contributed by atoms with van der Waals surface area (Å²) in [5.74, 6) is 0. The average molecular weight is 703 g/mol. The summed E-state index contributed by atoms with van der Waals surface area (Å²) in [6.07, 6.45) is 0. The highest BCUT2D eigenvalue weighted by atomic mass is 32.1. The lowest BCUT2D eigenvalue weighted by molar-refractivity contribution is 0.669. The van der Waals surface area contributed by atoms with Gasteiger partial charge in [0.15, 0.2) is 0 Å². The molecule has 0 atom stereocenters. The van der Waals surface area contributed by atoms with E-state index in [9.17, 15) is 0 Å². The molecular formula is C52H30OS. The fourth-order valence-corrected chi connectivity index (χ4v) is 10.2. The van der Waals surface area contributed by atoms with Crippen LogP contribution < -0.4 is 0 Å². The molecule has 2 aromatic heterocycles. The van der Waals surface area contributed by atoms with Gasteiger partial charge in [-0.1, -0.05) is 152 Å². The molecule has 0 unspecified atom stereocenters. The summed E-state index contributed by atoms with van der Waals surface area (Å²) in [4.78, 5) is 0. The molecule has 0 saturated heterocycles. The third-order valence-corrected chi connectivity index (χ3v) is 12.7. The Morgan fingerprint density at radius 3 is 1.70 bits per heavy atom.